The van der Waals surface area contributed by atoms with E-state index < -0.39 is 0 Å². The van der Waals surface area contributed by atoms with Gasteiger partial charge in [0, 0.05) is 12.5 Å². The first-order chi connectivity index (χ1) is 8.24. The van der Waals surface area contributed by atoms with Gasteiger partial charge in [-0.3, -0.25) is 4.79 Å². The van der Waals surface area contributed by atoms with E-state index in [0.29, 0.717) is 0 Å². The predicted molar refractivity (Wildman–Crippen MR) is 71.8 cm³/mol. The molecule has 0 saturated carbocycles. The molecule has 0 bridgehead atoms. The minimum absolute atomic E-state index is 0.130. The van der Waals surface area contributed by atoms with Gasteiger partial charge in [-0.25, -0.2) is 0 Å². The Balaban J connectivity index is 2.20. The number of benzene rings is 1. The van der Waals surface area contributed by atoms with Crippen molar-refractivity contribution < 1.29 is 4.79 Å². The third kappa shape index (κ3) is 5.53. The van der Waals surface area contributed by atoms with Gasteiger partial charge in [-0.2, -0.15) is 0 Å². The van der Waals surface area contributed by atoms with E-state index in [9.17, 15) is 4.79 Å². The summed E-state index contributed by atoms with van der Waals surface area (Å²) in [5.41, 5.74) is 1.36. The minimum Gasteiger partial charge on any atom is -0.356 e. The van der Waals surface area contributed by atoms with E-state index in [1.54, 1.807) is 0 Å². The average molecular weight is 233 g/mol. The highest BCUT2D eigenvalue weighted by molar-refractivity contribution is 5.78. The highest BCUT2D eigenvalue weighted by Crippen LogP contribution is 2.10. The summed E-state index contributed by atoms with van der Waals surface area (Å²) < 4.78 is 0. The van der Waals surface area contributed by atoms with Crippen molar-refractivity contribution >= 4 is 5.91 Å². The Morgan fingerprint density at radius 3 is 2.65 bits per heavy atom. The average Bonchev–Trinajstić information content (AvgIpc) is 2.37. The molecule has 2 heteroatoms. The Labute approximate surface area is 104 Å². The zero-order valence-corrected chi connectivity index (χ0v) is 10.9. The Bertz CT molecular complexity index is 321. The molecule has 0 spiro atoms. The van der Waals surface area contributed by atoms with Crippen molar-refractivity contribution in [3.63, 3.8) is 0 Å². The number of carbonyl (C=O) groups is 1. The fourth-order valence-corrected chi connectivity index (χ4v) is 1.81. The van der Waals surface area contributed by atoms with Crippen LogP contribution in [0.4, 0.5) is 0 Å². The molecule has 0 saturated heterocycles. The molecule has 0 radical (unpaired) electrons. The largest absolute Gasteiger partial charge is 0.356 e. The van der Waals surface area contributed by atoms with Gasteiger partial charge in [-0.1, -0.05) is 44.2 Å². The molecule has 0 aromatic heterocycles. The first-order valence-corrected chi connectivity index (χ1v) is 6.55. The summed E-state index contributed by atoms with van der Waals surface area (Å²) in [5.74, 6) is 0.324. The molecule has 1 atom stereocenters. The zero-order chi connectivity index (χ0) is 12.5. The van der Waals surface area contributed by atoms with Crippen LogP contribution in [0.1, 0.15) is 38.7 Å². The highest BCUT2D eigenvalue weighted by Gasteiger charge is 2.11. The molecule has 1 rings (SSSR count). The van der Waals surface area contributed by atoms with E-state index in [2.05, 4.69) is 36.5 Å². The summed E-state index contributed by atoms with van der Waals surface area (Å²) in [7, 11) is 0. The summed E-state index contributed by atoms with van der Waals surface area (Å²) in [6, 6.07) is 10.4. The monoisotopic (exact) mass is 233 g/mol. The van der Waals surface area contributed by atoms with Gasteiger partial charge in [0.05, 0.1) is 0 Å². The Kier molecular flexibility index (Phi) is 6.38. The lowest BCUT2D eigenvalue weighted by Gasteiger charge is -2.11. The molecule has 0 aliphatic heterocycles. The van der Waals surface area contributed by atoms with Crippen LogP contribution in [0.5, 0.6) is 0 Å². The number of amides is 1. The summed E-state index contributed by atoms with van der Waals surface area (Å²) in [6.07, 6.45) is 4.10. The molecule has 0 aliphatic rings. The van der Waals surface area contributed by atoms with Crippen LogP contribution in [0.25, 0.3) is 0 Å². The molecule has 1 aromatic rings. The molecule has 1 amide bonds. The first kappa shape index (κ1) is 13.8. The van der Waals surface area contributed by atoms with Crippen molar-refractivity contribution in [3.05, 3.63) is 35.9 Å². The minimum atomic E-state index is 0.130. The Morgan fingerprint density at radius 2 is 2.00 bits per heavy atom. The molecule has 2 nitrogen and oxygen atoms in total. The maximum atomic E-state index is 11.6. The number of rotatable bonds is 7. The molecule has 94 valence electrons. The standard InChI is InChI=1S/C15H23NO/c1-3-12-16-15(17)13(2)8-7-11-14-9-5-4-6-10-14/h4-6,9-10,13H,3,7-8,11-12H2,1-2H3,(H,16,17). The van der Waals surface area contributed by atoms with Crippen LogP contribution in [0.2, 0.25) is 0 Å². The summed E-state index contributed by atoms with van der Waals surface area (Å²) in [5, 5.41) is 2.94. The van der Waals surface area contributed by atoms with Gasteiger partial charge in [-0.15, -0.1) is 0 Å². The summed E-state index contributed by atoms with van der Waals surface area (Å²) in [6.45, 7) is 4.87. The first-order valence-electron chi connectivity index (χ1n) is 6.55. The fourth-order valence-electron chi connectivity index (χ4n) is 1.81. The number of hydrogen-bond donors (Lipinski definition) is 1. The number of nitrogens with one attached hydrogen (secondary N) is 1. The van der Waals surface area contributed by atoms with E-state index in [-0.39, 0.29) is 11.8 Å². The summed E-state index contributed by atoms with van der Waals surface area (Å²) in [4.78, 5) is 11.6. The fraction of sp³-hybridized carbons (Fsp3) is 0.533. The van der Waals surface area contributed by atoms with Crippen LogP contribution in [-0.2, 0) is 11.2 Å². The molecule has 1 N–H and O–H groups in total. The SMILES string of the molecule is CCCNC(=O)C(C)CCCc1ccccc1. The van der Waals surface area contributed by atoms with E-state index in [4.69, 9.17) is 0 Å². The van der Waals surface area contributed by atoms with Gasteiger partial charge < -0.3 is 5.32 Å². The molecule has 17 heavy (non-hydrogen) atoms. The van der Waals surface area contributed by atoms with Crippen molar-refractivity contribution in [2.45, 2.75) is 39.5 Å². The maximum Gasteiger partial charge on any atom is 0.222 e. The lowest BCUT2D eigenvalue weighted by Crippen LogP contribution is -2.29. The second kappa shape index (κ2) is 7.88. The number of carbonyl (C=O) groups excluding carboxylic acids is 1. The van der Waals surface area contributed by atoms with E-state index in [0.717, 1.165) is 32.2 Å². The van der Waals surface area contributed by atoms with Gasteiger partial charge in [0.2, 0.25) is 5.91 Å². The third-order valence-corrected chi connectivity index (χ3v) is 2.94. The smallest absolute Gasteiger partial charge is 0.222 e. The van der Waals surface area contributed by atoms with Crippen LogP contribution in [-0.4, -0.2) is 12.5 Å². The van der Waals surface area contributed by atoms with Crippen molar-refractivity contribution in [3.8, 4) is 0 Å². The van der Waals surface area contributed by atoms with Gasteiger partial charge in [-0.05, 0) is 31.2 Å². The second-order valence-corrected chi connectivity index (χ2v) is 4.57. The van der Waals surface area contributed by atoms with Crippen LogP contribution in [0.15, 0.2) is 30.3 Å². The molecule has 0 heterocycles. The normalized spacial score (nSPS) is 12.1. The number of aryl methyl sites for hydroxylation is 1. The maximum absolute atomic E-state index is 11.6. The highest BCUT2D eigenvalue weighted by atomic mass is 16.1. The van der Waals surface area contributed by atoms with E-state index in [1.807, 2.05) is 13.0 Å². The second-order valence-electron chi connectivity index (χ2n) is 4.57. The number of hydrogen-bond acceptors (Lipinski definition) is 1. The molecule has 1 unspecified atom stereocenters. The van der Waals surface area contributed by atoms with Gasteiger partial charge in [0.1, 0.15) is 0 Å². The summed E-state index contributed by atoms with van der Waals surface area (Å²) >= 11 is 0. The molecular weight excluding hydrogens is 210 g/mol. The zero-order valence-electron chi connectivity index (χ0n) is 10.9. The molecule has 0 aliphatic carbocycles. The lowest BCUT2D eigenvalue weighted by molar-refractivity contribution is -0.124. The topological polar surface area (TPSA) is 29.1 Å². The Hall–Kier alpha value is -1.31. The van der Waals surface area contributed by atoms with Crippen LogP contribution < -0.4 is 5.32 Å². The van der Waals surface area contributed by atoms with Gasteiger partial charge in [0.25, 0.3) is 0 Å². The van der Waals surface area contributed by atoms with Crippen molar-refractivity contribution in [2.24, 2.45) is 5.92 Å². The molecular formula is C15H23NO. The van der Waals surface area contributed by atoms with Crippen LogP contribution in [0, 0.1) is 5.92 Å². The van der Waals surface area contributed by atoms with Crippen LogP contribution in [0.3, 0.4) is 0 Å². The van der Waals surface area contributed by atoms with Gasteiger partial charge in [0.15, 0.2) is 0 Å². The van der Waals surface area contributed by atoms with Crippen molar-refractivity contribution in [2.75, 3.05) is 6.54 Å². The van der Waals surface area contributed by atoms with Crippen molar-refractivity contribution in [1.82, 2.24) is 5.32 Å². The Morgan fingerprint density at radius 1 is 1.29 bits per heavy atom. The van der Waals surface area contributed by atoms with Crippen molar-refractivity contribution in [1.29, 1.82) is 0 Å². The van der Waals surface area contributed by atoms with Crippen LogP contribution >= 0.6 is 0 Å². The quantitative estimate of drug-likeness (QED) is 0.770. The van der Waals surface area contributed by atoms with E-state index >= 15 is 0 Å². The molecule has 0 fully saturated rings. The van der Waals surface area contributed by atoms with E-state index in [1.165, 1.54) is 5.56 Å². The van der Waals surface area contributed by atoms with Gasteiger partial charge >= 0.3 is 0 Å². The molecule has 1 aromatic carbocycles. The lowest BCUT2D eigenvalue weighted by atomic mass is 10.0. The third-order valence-electron chi connectivity index (χ3n) is 2.94. The predicted octanol–water partition coefficient (Wildman–Crippen LogP) is 3.17.